The standard InChI is InChI=1S/3C36H23BN2/c1-3-12-24(13-4-1)38(25-14-5-2-6-15-25)32-22-23-33-35-34(32)28-17-7-9-19-29(28)37(35)30-20-11-18-27-26-16-8-10-21-31(26)39(33)36(27)30;1-3-12-24(13-4-1)38(25-14-5-2-6-15-25)26-22-30-27-16-7-9-19-31(27)37-32-20-11-18-29-28-17-8-10-21-33(28)39(36(29)32)34(23-26)35(30)37;1-3-12-24(13-4-1)38(25-14-5-2-6-15-25)33-23-22-28-26-16-7-9-19-30(26)37-31-20-11-18-29-27-17-8-10-21-32(27)39(35(29)31)36(33)34(28)37/h3*1-23H. The number of hydrogen-bond acceptors (Lipinski definition) is 3. The van der Waals surface area contributed by atoms with Crippen LogP contribution < -0.4 is 63.9 Å². The molecule has 0 saturated carbocycles. The Morgan fingerprint density at radius 2 is 0.521 bits per heavy atom. The molecule has 0 aliphatic carbocycles. The van der Waals surface area contributed by atoms with Crippen LogP contribution in [0.3, 0.4) is 0 Å². The van der Waals surface area contributed by atoms with Crippen molar-refractivity contribution in [3.63, 3.8) is 0 Å². The van der Waals surface area contributed by atoms with Crippen LogP contribution >= 0.6 is 0 Å². The molecule has 6 aliphatic heterocycles. The Morgan fingerprint density at radius 3 is 1.00 bits per heavy atom. The summed E-state index contributed by atoms with van der Waals surface area (Å²) in [5, 5.41) is 7.91. The molecule has 0 saturated heterocycles. The van der Waals surface area contributed by atoms with Crippen molar-refractivity contribution in [2.24, 2.45) is 0 Å². The lowest BCUT2D eigenvalue weighted by Gasteiger charge is -2.32. The lowest BCUT2D eigenvalue weighted by atomic mass is 9.37. The highest BCUT2D eigenvalue weighted by Crippen LogP contribution is 2.49. The lowest BCUT2D eigenvalue weighted by molar-refractivity contribution is 1.16. The van der Waals surface area contributed by atoms with Crippen LogP contribution in [0.25, 0.3) is 116 Å². The zero-order valence-corrected chi connectivity index (χ0v) is 63.8. The zero-order chi connectivity index (χ0) is 76.5. The van der Waals surface area contributed by atoms with Crippen molar-refractivity contribution in [1.29, 1.82) is 0 Å². The molecule has 0 spiro atoms. The first-order chi connectivity index (χ1) is 58.2. The summed E-state index contributed by atoms with van der Waals surface area (Å²) >= 11 is 0. The van der Waals surface area contributed by atoms with E-state index in [4.69, 9.17) is 0 Å². The molecule has 0 unspecified atom stereocenters. The quantitative estimate of drug-likeness (QED) is 0.135. The van der Waals surface area contributed by atoms with Crippen molar-refractivity contribution in [3.05, 3.63) is 419 Å². The van der Waals surface area contributed by atoms with Crippen LogP contribution in [-0.4, -0.2) is 33.8 Å². The minimum absolute atomic E-state index is 0.208. The van der Waals surface area contributed by atoms with Gasteiger partial charge in [-0.25, -0.2) is 0 Å². The summed E-state index contributed by atoms with van der Waals surface area (Å²) in [7, 11) is 0. The predicted molar refractivity (Wildman–Crippen MR) is 497 cm³/mol. The molecule has 18 aromatic carbocycles. The molecule has 0 amide bonds. The van der Waals surface area contributed by atoms with E-state index in [0.717, 1.165) is 34.1 Å². The SMILES string of the molecule is c1ccc(N(c2ccccc2)c2cc3c4c(c2)-n2c5ccccc5c5cccc(c52)B4c2ccccc2-3)cc1.c1ccc(N(c2ccccc2)c2ccc3c4c2-c2ccccc2B4c2cccc4c5ccccc5n-3c24)cc1.c1ccc(N(c2ccccc2)c2ccc3c4c2-n2c5ccccc5c5cccc(c52)B4c2ccccc2-3)cc1. The van der Waals surface area contributed by atoms with Crippen LogP contribution in [0.1, 0.15) is 0 Å². The third-order valence-electron chi connectivity index (χ3n) is 25.7. The number of aromatic nitrogens is 3. The van der Waals surface area contributed by atoms with Gasteiger partial charge >= 0.3 is 0 Å². The Bertz CT molecular complexity index is 7550. The summed E-state index contributed by atoms with van der Waals surface area (Å²) in [6.45, 7) is 0.655. The highest BCUT2D eigenvalue weighted by Gasteiger charge is 2.46. The smallest absolute Gasteiger partial charge is 0.248 e. The largest absolute Gasteiger partial charge is 0.310 e. The van der Waals surface area contributed by atoms with Crippen LogP contribution in [0.2, 0.25) is 0 Å². The summed E-state index contributed by atoms with van der Waals surface area (Å²) in [4.78, 5) is 7.22. The molecule has 21 aromatic rings. The molecule has 0 fully saturated rings. The second-order valence-electron chi connectivity index (χ2n) is 31.6. The molecule has 117 heavy (non-hydrogen) atoms. The average molecular weight is 1480 g/mol. The second-order valence-corrected chi connectivity index (χ2v) is 31.6. The number of nitrogens with zero attached hydrogens (tertiary/aromatic N) is 6. The van der Waals surface area contributed by atoms with Crippen LogP contribution in [0.5, 0.6) is 0 Å². The monoisotopic (exact) mass is 1480 g/mol. The van der Waals surface area contributed by atoms with E-state index in [1.54, 1.807) is 0 Å². The van der Waals surface area contributed by atoms with E-state index in [-0.39, 0.29) is 20.1 Å². The highest BCUT2D eigenvalue weighted by molar-refractivity contribution is 7.03. The van der Waals surface area contributed by atoms with Crippen molar-refractivity contribution in [1.82, 2.24) is 13.7 Å². The molecule has 0 radical (unpaired) electrons. The number of hydrogen-bond donors (Lipinski definition) is 0. The zero-order valence-electron chi connectivity index (χ0n) is 63.8. The second kappa shape index (κ2) is 25.7. The summed E-state index contributed by atoms with van der Waals surface area (Å²) in [6, 6.07) is 153. The maximum atomic E-state index is 2.55. The minimum atomic E-state index is 0.208. The third-order valence-corrected chi connectivity index (χ3v) is 25.7. The van der Waals surface area contributed by atoms with Crippen LogP contribution in [-0.2, 0) is 0 Å². The van der Waals surface area contributed by atoms with Gasteiger partial charge in [0.25, 0.3) is 0 Å². The summed E-state index contributed by atoms with van der Waals surface area (Å²) in [5.41, 5.74) is 42.8. The van der Waals surface area contributed by atoms with Gasteiger partial charge in [0.2, 0.25) is 20.1 Å². The average Bonchev–Trinajstić information content (AvgIpc) is 1.53. The predicted octanol–water partition coefficient (Wildman–Crippen LogP) is 21.2. The van der Waals surface area contributed by atoms with Crippen molar-refractivity contribution >= 4 is 186 Å². The van der Waals surface area contributed by atoms with Gasteiger partial charge < -0.3 is 28.4 Å². The topological polar surface area (TPSA) is 24.5 Å². The number of fused-ring (bicyclic) bond motifs is 24. The summed E-state index contributed by atoms with van der Waals surface area (Å²) in [6.07, 6.45) is 0. The number of benzene rings is 18. The molecule has 0 N–H and O–H groups in total. The maximum Gasteiger partial charge on any atom is 0.248 e. The first-order valence-corrected chi connectivity index (χ1v) is 40.8. The van der Waals surface area contributed by atoms with E-state index in [9.17, 15) is 0 Å². The molecule has 0 bridgehead atoms. The molecule has 9 heteroatoms. The van der Waals surface area contributed by atoms with Crippen molar-refractivity contribution in [2.75, 3.05) is 14.7 Å². The van der Waals surface area contributed by atoms with Gasteiger partial charge in [-0.3, -0.25) is 0 Å². The Morgan fingerprint density at radius 1 is 0.188 bits per heavy atom. The normalized spacial score (nSPS) is 12.6. The number of para-hydroxylation sites is 12. The van der Waals surface area contributed by atoms with Gasteiger partial charge in [-0.1, -0.05) is 314 Å². The summed E-state index contributed by atoms with van der Waals surface area (Å²) < 4.78 is 7.59. The van der Waals surface area contributed by atoms with E-state index in [1.165, 1.54) is 182 Å². The molecule has 3 aromatic heterocycles. The fourth-order valence-corrected chi connectivity index (χ4v) is 21.3. The Kier molecular flexibility index (Phi) is 14.4. The summed E-state index contributed by atoms with van der Waals surface area (Å²) in [5.74, 6) is 0. The first-order valence-electron chi connectivity index (χ1n) is 40.8. The number of rotatable bonds is 9. The van der Waals surface area contributed by atoms with Gasteiger partial charge in [0.1, 0.15) is 0 Å². The fraction of sp³-hybridized carbons (Fsp3) is 0. The minimum Gasteiger partial charge on any atom is -0.310 e. The Hall–Kier alpha value is -15.0. The van der Waals surface area contributed by atoms with Crippen LogP contribution in [0.15, 0.2) is 419 Å². The molecule has 0 atom stereocenters. The van der Waals surface area contributed by atoms with Crippen LogP contribution in [0.4, 0.5) is 51.2 Å². The Balaban J connectivity index is 0.0000000980. The number of anilines is 9. The maximum absolute atomic E-state index is 2.55. The van der Waals surface area contributed by atoms with Gasteiger partial charge in [-0.05, 0) is 182 Å². The fourth-order valence-electron chi connectivity index (χ4n) is 21.3. The molecule has 6 aliphatic rings. The van der Waals surface area contributed by atoms with Gasteiger partial charge in [-0.2, -0.15) is 0 Å². The molecular formula is C108H69B3N6. The van der Waals surface area contributed by atoms with Crippen molar-refractivity contribution < 1.29 is 0 Å². The lowest BCUT2D eigenvalue weighted by Crippen LogP contribution is -2.53. The van der Waals surface area contributed by atoms with Gasteiger partial charge in [-0.15, -0.1) is 0 Å². The molecule has 540 valence electrons. The molecule has 27 rings (SSSR count). The molecule has 6 nitrogen and oxygen atoms in total. The van der Waals surface area contributed by atoms with Gasteiger partial charge in [0.15, 0.2) is 0 Å². The first kappa shape index (κ1) is 65.5. The van der Waals surface area contributed by atoms with E-state index in [0.29, 0.717) is 0 Å². The van der Waals surface area contributed by atoms with Crippen molar-refractivity contribution in [2.45, 2.75) is 0 Å². The van der Waals surface area contributed by atoms with E-state index < -0.39 is 0 Å². The molecule has 9 heterocycles. The highest BCUT2D eigenvalue weighted by atomic mass is 15.2. The molecular weight excluding hydrogens is 1410 g/mol. The van der Waals surface area contributed by atoms with E-state index in [1.807, 2.05) is 0 Å². The van der Waals surface area contributed by atoms with Crippen LogP contribution in [0, 0.1) is 0 Å². The van der Waals surface area contributed by atoms with Crippen molar-refractivity contribution in [3.8, 4) is 50.4 Å². The van der Waals surface area contributed by atoms with E-state index in [2.05, 4.69) is 447 Å². The Labute approximate surface area is 678 Å². The van der Waals surface area contributed by atoms with E-state index >= 15 is 0 Å². The van der Waals surface area contributed by atoms with Gasteiger partial charge in [0, 0.05) is 106 Å². The van der Waals surface area contributed by atoms with Gasteiger partial charge in [0.05, 0.1) is 33.6 Å². The third kappa shape index (κ3) is 9.48.